The van der Waals surface area contributed by atoms with Gasteiger partial charge in [0.1, 0.15) is 7.05 Å². The van der Waals surface area contributed by atoms with Crippen molar-refractivity contribution in [2.45, 2.75) is 33.6 Å². The predicted octanol–water partition coefficient (Wildman–Crippen LogP) is 4.89. The number of pyridine rings is 1. The first kappa shape index (κ1) is 14.0. The third-order valence-corrected chi connectivity index (χ3v) is 6.14. The number of rotatable bonds is 0. The van der Waals surface area contributed by atoms with Crippen molar-refractivity contribution in [2.75, 3.05) is 0 Å². The molecule has 2 aromatic carbocycles. The number of hydrogen-bond acceptors (Lipinski definition) is 0. The van der Waals surface area contributed by atoms with Crippen molar-refractivity contribution < 1.29 is 4.57 Å². The molecule has 0 radical (unpaired) electrons. The number of benzene rings is 2. The van der Waals surface area contributed by atoms with E-state index in [-0.39, 0.29) is 0 Å². The Hall–Kier alpha value is -2.41. The fourth-order valence-electron chi connectivity index (χ4n) is 4.60. The summed E-state index contributed by atoms with van der Waals surface area (Å²) in [5.74, 6) is 0. The molecule has 1 nitrogen and oxygen atoms in total. The third kappa shape index (κ3) is 1.62. The van der Waals surface area contributed by atoms with Gasteiger partial charge in [-0.05, 0) is 72.2 Å². The van der Waals surface area contributed by atoms with E-state index in [2.05, 4.69) is 68.8 Å². The van der Waals surface area contributed by atoms with E-state index in [1.54, 1.807) is 0 Å². The molecule has 0 saturated heterocycles. The largest absolute Gasteiger partial charge is 0.220 e. The van der Waals surface area contributed by atoms with Gasteiger partial charge in [0, 0.05) is 18.4 Å². The van der Waals surface area contributed by atoms with Gasteiger partial charge in [-0.2, -0.15) is 4.57 Å². The predicted molar refractivity (Wildman–Crippen MR) is 100 cm³/mol. The van der Waals surface area contributed by atoms with Gasteiger partial charge in [0.2, 0.25) is 5.52 Å². The fourth-order valence-corrected chi connectivity index (χ4v) is 4.60. The number of nitrogens with zero attached hydrogens (tertiary/aromatic N) is 1. The van der Waals surface area contributed by atoms with Crippen LogP contribution in [0.25, 0.3) is 27.6 Å². The van der Waals surface area contributed by atoms with Crippen LogP contribution in [0.3, 0.4) is 0 Å². The molecule has 0 unspecified atom stereocenters. The minimum Gasteiger partial charge on any atom is -0.198 e. The zero-order chi connectivity index (χ0) is 16.6. The van der Waals surface area contributed by atoms with E-state index in [4.69, 9.17) is 0 Å². The Balaban J connectivity index is 1.97. The zero-order valence-electron chi connectivity index (χ0n) is 14.8. The molecule has 118 valence electrons. The summed E-state index contributed by atoms with van der Waals surface area (Å²) in [6, 6.07) is 13.8. The van der Waals surface area contributed by atoms with Crippen LogP contribution in [0.2, 0.25) is 0 Å². The molecule has 0 spiro atoms. The molecule has 0 fully saturated rings. The average molecular weight is 312 g/mol. The minimum absolute atomic E-state index is 1.06. The number of fused-ring (bicyclic) bond motifs is 7. The van der Waals surface area contributed by atoms with Gasteiger partial charge in [-0.1, -0.05) is 23.8 Å². The summed E-state index contributed by atoms with van der Waals surface area (Å²) in [7, 11) is 2.20. The van der Waals surface area contributed by atoms with Crippen molar-refractivity contribution >= 4 is 16.5 Å². The maximum Gasteiger partial charge on any atom is 0.220 e. The molecule has 0 aliphatic heterocycles. The second-order valence-corrected chi connectivity index (χ2v) is 7.46. The third-order valence-electron chi connectivity index (χ3n) is 6.14. The molecule has 1 aromatic heterocycles. The van der Waals surface area contributed by atoms with E-state index < -0.39 is 0 Å². The maximum absolute atomic E-state index is 2.36. The van der Waals surface area contributed by atoms with Crippen LogP contribution in [-0.2, 0) is 19.9 Å². The maximum atomic E-state index is 2.36. The molecule has 5 rings (SSSR count). The summed E-state index contributed by atoms with van der Waals surface area (Å²) in [6.45, 7) is 6.78. The van der Waals surface area contributed by atoms with Crippen LogP contribution in [0, 0.1) is 6.92 Å². The van der Waals surface area contributed by atoms with Gasteiger partial charge < -0.3 is 0 Å². The van der Waals surface area contributed by atoms with Gasteiger partial charge in [0.05, 0.1) is 5.56 Å². The molecule has 1 heteroatoms. The Morgan fingerprint density at radius 2 is 1.33 bits per heavy atom. The van der Waals surface area contributed by atoms with Crippen LogP contribution < -0.4 is 4.57 Å². The van der Waals surface area contributed by atoms with Gasteiger partial charge in [-0.25, -0.2) is 0 Å². The second kappa shape index (κ2) is 4.57. The van der Waals surface area contributed by atoms with Crippen molar-refractivity contribution in [1.82, 2.24) is 0 Å². The lowest BCUT2D eigenvalue weighted by atomic mass is 9.92. The van der Waals surface area contributed by atoms with E-state index in [0.717, 1.165) is 12.8 Å². The SMILES string of the molecule is CC1=C(C)c2c(ccc3c2-c2c(ccc4ccc(C)[n+](C)c24)C3)C1. The van der Waals surface area contributed by atoms with Crippen LogP contribution >= 0.6 is 0 Å². The Morgan fingerprint density at radius 3 is 2.12 bits per heavy atom. The molecule has 0 saturated carbocycles. The molecule has 2 aliphatic carbocycles. The first-order chi connectivity index (χ1) is 11.6. The Morgan fingerprint density at radius 1 is 0.708 bits per heavy atom. The van der Waals surface area contributed by atoms with E-state index in [9.17, 15) is 0 Å². The van der Waals surface area contributed by atoms with Crippen molar-refractivity contribution in [1.29, 1.82) is 0 Å². The fraction of sp³-hybridized carbons (Fsp3) is 0.261. The number of hydrogen-bond donors (Lipinski definition) is 0. The summed E-state index contributed by atoms with van der Waals surface area (Å²) in [6.07, 6.45) is 2.17. The van der Waals surface area contributed by atoms with E-state index in [0.29, 0.717) is 0 Å². The van der Waals surface area contributed by atoms with Crippen LogP contribution in [-0.4, -0.2) is 0 Å². The molecule has 0 N–H and O–H groups in total. The van der Waals surface area contributed by atoms with Crippen LogP contribution in [0.1, 0.15) is 41.8 Å². The number of aromatic nitrogens is 1. The topological polar surface area (TPSA) is 3.88 Å². The quantitative estimate of drug-likeness (QED) is 0.407. The van der Waals surface area contributed by atoms with Crippen LogP contribution in [0.15, 0.2) is 42.0 Å². The summed E-state index contributed by atoms with van der Waals surface area (Å²) < 4.78 is 2.36. The van der Waals surface area contributed by atoms with Crippen molar-refractivity contribution in [3.05, 3.63) is 69.9 Å². The molecular formula is C23H22N+. The average Bonchev–Trinajstić information content (AvgIpc) is 3.08. The highest BCUT2D eigenvalue weighted by molar-refractivity contribution is 6.01. The summed E-state index contributed by atoms with van der Waals surface area (Å²) in [5.41, 5.74) is 14.7. The zero-order valence-corrected chi connectivity index (χ0v) is 14.8. The summed E-state index contributed by atoms with van der Waals surface area (Å²) >= 11 is 0. The standard InChI is InChI=1S/C23H22N/c1-13-11-17-9-10-18-12-19-8-7-16-6-5-14(2)24(4)23(16)22(19)21(18)20(17)15(13)3/h5-10H,11-12H2,1-4H3/q+1. The van der Waals surface area contributed by atoms with Crippen molar-refractivity contribution in [2.24, 2.45) is 7.05 Å². The number of aryl methyl sites for hydroxylation is 2. The van der Waals surface area contributed by atoms with Gasteiger partial charge in [0.15, 0.2) is 5.69 Å². The molecule has 3 aromatic rings. The van der Waals surface area contributed by atoms with E-state index >= 15 is 0 Å². The summed E-state index contributed by atoms with van der Waals surface area (Å²) in [4.78, 5) is 0. The smallest absolute Gasteiger partial charge is 0.198 e. The van der Waals surface area contributed by atoms with E-state index in [1.165, 1.54) is 61.1 Å². The number of allylic oxidation sites excluding steroid dienone is 2. The first-order valence-corrected chi connectivity index (χ1v) is 8.79. The Labute approximate surface area is 143 Å². The van der Waals surface area contributed by atoms with Crippen molar-refractivity contribution in [3.8, 4) is 11.1 Å². The Bertz CT molecular complexity index is 1080. The molecule has 24 heavy (non-hydrogen) atoms. The molecule has 0 amide bonds. The lowest BCUT2D eigenvalue weighted by molar-refractivity contribution is -0.651. The lowest BCUT2D eigenvalue weighted by Crippen LogP contribution is -2.33. The van der Waals surface area contributed by atoms with Gasteiger partial charge in [-0.15, -0.1) is 0 Å². The highest BCUT2D eigenvalue weighted by atomic mass is 14.9. The normalized spacial score (nSPS) is 15.0. The van der Waals surface area contributed by atoms with E-state index in [1.807, 2.05) is 0 Å². The molecular weight excluding hydrogens is 290 g/mol. The highest BCUT2D eigenvalue weighted by Crippen LogP contribution is 2.48. The minimum atomic E-state index is 1.06. The molecule has 2 aliphatic rings. The van der Waals surface area contributed by atoms with Gasteiger partial charge in [0.25, 0.3) is 0 Å². The highest BCUT2D eigenvalue weighted by Gasteiger charge is 2.31. The lowest BCUT2D eigenvalue weighted by Gasteiger charge is -2.12. The molecule has 0 bridgehead atoms. The summed E-state index contributed by atoms with van der Waals surface area (Å²) in [5, 5.41) is 1.34. The van der Waals surface area contributed by atoms with Crippen molar-refractivity contribution in [3.63, 3.8) is 0 Å². The van der Waals surface area contributed by atoms with Gasteiger partial charge in [-0.3, -0.25) is 0 Å². The van der Waals surface area contributed by atoms with Gasteiger partial charge >= 0.3 is 0 Å². The molecule has 0 atom stereocenters. The van der Waals surface area contributed by atoms with Crippen LogP contribution in [0.4, 0.5) is 0 Å². The van der Waals surface area contributed by atoms with Crippen LogP contribution in [0.5, 0.6) is 0 Å². The first-order valence-electron chi connectivity index (χ1n) is 8.79. The molecule has 1 heterocycles. The monoisotopic (exact) mass is 312 g/mol. The Kier molecular flexibility index (Phi) is 2.66. The second-order valence-electron chi connectivity index (χ2n) is 7.46.